The van der Waals surface area contributed by atoms with Gasteiger partial charge in [0, 0.05) is 12.2 Å². The van der Waals surface area contributed by atoms with Crippen molar-refractivity contribution in [3.05, 3.63) is 60.2 Å². The van der Waals surface area contributed by atoms with Crippen LogP contribution in [0, 0.1) is 17.8 Å². The molecule has 2 aromatic carbocycles. The third-order valence-electron chi connectivity index (χ3n) is 9.46. The largest absolute Gasteiger partial charge is 0.494 e. The van der Waals surface area contributed by atoms with Crippen molar-refractivity contribution in [1.29, 1.82) is 0 Å². The quantitative estimate of drug-likeness (QED) is 0.332. The first-order valence-corrected chi connectivity index (χ1v) is 15.2. The van der Waals surface area contributed by atoms with Crippen molar-refractivity contribution in [1.82, 2.24) is 10.2 Å². The van der Waals surface area contributed by atoms with Gasteiger partial charge in [-0.15, -0.1) is 0 Å². The fourth-order valence-corrected chi connectivity index (χ4v) is 7.41. The van der Waals surface area contributed by atoms with E-state index < -0.39 is 35.1 Å². The zero-order valence-corrected chi connectivity index (χ0v) is 25.0. The highest BCUT2D eigenvalue weighted by molar-refractivity contribution is 6.02. The standard InChI is InChI=1S/C33H43N3O6/c1-5-7-17-34-30(39)28-33-19-21(3)32(4,42-33)26(29(38)35-23-13-15-25(16-14-23)41-6-2)27(33)31(40)36(28)24(20-37)18-22-11-9-8-10-12-22/h8-16,21,24,26-28,37H,5-7,17-20H2,1-4H3,(H,34,39)(H,35,38)/t21?,24-,26-,27+,28?,32+,33?/m1/s1. The Bertz CT molecular complexity index is 1290. The summed E-state index contributed by atoms with van der Waals surface area (Å²) in [6.07, 6.45) is 2.56. The third-order valence-corrected chi connectivity index (χ3v) is 9.46. The summed E-state index contributed by atoms with van der Waals surface area (Å²) >= 11 is 0. The molecule has 0 aliphatic carbocycles. The van der Waals surface area contributed by atoms with Crippen LogP contribution in [0.5, 0.6) is 5.75 Å². The lowest BCUT2D eigenvalue weighted by Gasteiger charge is -2.37. The minimum Gasteiger partial charge on any atom is -0.494 e. The van der Waals surface area contributed by atoms with Crippen LogP contribution in [0.25, 0.3) is 0 Å². The number of ether oxygens (including phenoxy) is 2. The average molecular weight is 578 g/mol. The molecule has 3 N–H and O–H groups in total. The molecule has 226 valence electrons. The molecule has 0 radical (unpaired) electrons. The molecule has 42 heavy (non-hydrogen) atoms. The van der Waals surface area contributed by atoms with Crippen LogP contribution in [0.3, 0.4) is 0 Å². The molecule has 1 spiro atoms. The van der Waals surface area contributed by atoms with E-state index in [0.717, 1.165) is 18.4 Å². The summed E-state index contributed by atoms with van der Waals surface area (Å²) in [6, 6.07) is 15.1. The van der Waals surface area contributed by atoms with Crippen molar-refractivity contribution in [2.75, 3.05) is 25.1 Å². The number of anilines is 1. The molecule has 3 fully saturated rings. The molecular formula is C33H43N3O6. The van der Waals surface area contributed by atoms with Crippen molar-refractivity contribution >= 4 is 23.4 Å². The fourth-order valence-electron chi connectivity index (χ4n) is 7.41. The number of rotatable bonds is 12. The van der Waals surface area contributed by atoms with Gasteiger partial charge in [-0.1, -0.05) is 50.6 Å². The predicted octanol–water partition coefficient (Wildman–Crippen LogP) is 3.55. The molecule has 9 nitrogen and oxygen atoms in total. The monoisotopic (exact) mass is 577 g/mol. The van der Waals surface area contributed by atoms with Gasteiger partial charge >= 0.3 is 0 Å². The smallest absolute Gasteiger partial charge is 0.245 e. The van der Waals surface area contributed by atoms with Crippen LogP contribution in [0.2, 0.25) is 0 Å². The number of fused-ring (bicyclic) bond motifs is 1. The van der Waals surface area contributed by atoms with Crippen LogP contribution in [0.1, 0.15) is 52.5 Å². The van der Waals surface area contributed by atoms with E-state index in [4.69, 9.17) is 9.47 Å². The fraction of sp³-hybridized carbons (Fsp3) is 0.545. The minimum absolute atomic E-state index is 0.0785. The number of carbonyl (C=O) groups excluding carboxylic acids is 3. The van der Waals surface area contributed by atoms with Gasteiger partial charge in [0.1, 0.15) is 17.4 Å². The summed E-state index contributed by atoms with van der Waals surface area (Å²) in [5, 5.41) is 16.6. The molecule has 2 aromatic rings. The zero-order chi connectivity index (χ0) is 30.1. The zero-order valence-electron chi connectivity index (χ0n) is 25.0. The molecule has 7 atom stereocenters. The Kier molecular flexibility index (Phi) is 8.62. The van der Waals surface area contributed by atoms with Crippen LogP contribution in [-0.2, 0) is 25.5 Å². The number of carbonyl (C=O) groups is 3. The van der Waals surface area contributed by atoms with E-state index in [1.165, 1.54) is 4.90 Å². The molecule has 3 amide bonds. The number of likely N-dealkylation sites (tertiary alicyclic amines) is 1. The van der Waals surface area contributed by atoms with E-state index >= 15 is 0 Å². The molecule has 3 unspecified atom stereocenters. The van der Waals surface area contributed by atoms with Gasteiger partial charge in [-0.2, -0.15) is 0 Å². The van der Waals surface area contributed by atoms with Gasteiger partial charge in [-0.25, -0.2) is 0 Å². The highest BCUT2D eigenvalue weighted by Gasteiger charge is 2.80. The lowest BCUT2D eigenvalue weighted by molar-refractivity contribution is -0.149. The Hall–Kier alpha value is -3.43. The van der Waals surface area contributed by atoms with Crippen molar-refractivity contribution in [3.63, 3.8) is 0 Å². The van der Waals surface area contributed by atoms with Crippen LogP contribution in [0.4, 0.5) is 5.69 Å². The number of aliphatic hydroxyl groups is 1. The second-order valence-electron chi connectivity index (χ2n) is 12.1. The molecule has 3 heterocycles. The molecule has 3 saturated heterocycles. The van der Waals surface area contributed by atoms with Gasteiger partial charge in [0.25, 0.3) is 0 Å². The lowest BCUT2D eigenvalue weighted by Crippen LogP contribution is -2.58. The van der Waals surface area contributed by atoms with Crippen molar-refractivity contribution in [2.45, 2.75) is 76.7 Å². The summed E-state index contributed by atoms with van der Waals surface area (Å²) in [5.74, 6) is -1.97. The molecule has 2 bridgehead atoms. The molecule has 5 rings (SSSR count). The second-order valence-corrected chi connectivity index (χ2v) is 12.1. The van der Waals surface area contributed by atoms with E-state index in [-0.39, 0.29) is 30.2 Å². The number of aliphatic hydroxyl groups excluding tert-OH is 1. The Balaban J connectivity index is 1.51. The Morgan fingerprint density at radius 3 is 2.48 bits per heavy atom. The van der Waals surface area contributed by atoms with Gasteiger partial charge in [0.05, 0.1) is 36.7 Å². The predicted molar refractivity (Wildman–Crippen MR) is 159 cm³/mol. The highest BCUT2D eigenvalue weighted by Crippen LogP contribution is 2.65. The summed E-state index contributed by atoms with van der Waals surface area (Å²) in [7, 11) is 0. The Labute approximate surface area is 248 Å². The van der Waals surface area contributed by atoms with Crippen LogP contribution in [0.15, 0.2) is 54.6 Å². The van der Waals surface area contributed by atoms with Crippen LogP contribution >= 0.6 is 0 Å². The van der Waals surface area contributed by atoms with Crippen molar-refractivity contribution in [2.24, 2.45) is 17.8 Å². The maximum Gasteiger partial charge on any atom is 0.245 e. The number of benzene rings is 2. The topological polar surface area (TPSA) is 117 Å². The minimum atomic E-state index is -1.17. The first kappa shape index (κ1) is 30.0. The summed E-state index contributed by atoms with van der Waals surface area (Å²) < 4.78 is 12.3. The van der Waals surface area contributed by atoms with Gasteiger partial charge in [-0.3, -0.25) is 14.4 Å². The molecule has 3 aliphatic heterocycles. The van der Waals surface area contributed by atoms with E-state index in [2.05, 4.69) is 10.6 Å². The van der Waals surface area contributed by atoms with Gasteiger partial charge in [0.15, 0.2) is 0 Å². The third kappa shape index (κ3) is 5.07. The maximum absolute atomic E-state index is 14.5. The number of amides is 3. The highest BCUT2D eigenvalue weighted by atomic mass is 16.5. The Morgan fingerprint density at radius 2 is 1.83 bits per heavy atom. The average Bonchev–Trinajstić information content (AvgIpc) is 3.50. The Morgan fingerprint density at radius 1 is 1.12 bits per heavy atom. The van der Waals surface area contributed by atoms with Gasteiger partial charge in [-0.05, 0) is 68.9 Å². The van der Waals surface area contributed by atoms with E-state index in [9.17, 15) is 19.5 Å². The van der Waals surface area contributed by atoms with Crippen molar-refractivity contribution in [3.8, 4) is 5.75 Å². The first-order chi connectivity index (χ1) is 20.2. The van der Waals surface area contributed by atoms with E-state index in [1.54, 1.807) is 24.3 Å². The summed E-state index contributed by atoms with van der Waals surface area (Å²) in [5.41, 5.74) is -0.575. The molecule has 9 heteroatoms. The first-order valence-electron chi connectivity index (χ1n) is 15.2. The summed E-state index contributed by atoms with van der Waals surface area (Å²) in [6.45, 7) is 8.56. The van der Waals surface area contributed by atoms with E-state index in [1.807, 2.05) is 58.0 Å². The number of hydrogen-bond donors (Lipinski definition) is 3. The SMILES string of the molecule is CCCCNC(=O)C1N([C@@H](CO)Cc2ccccc2)C(=O)[C@@H]2[C@H](C(=O)Nc3ccc(OCC)cc3)[C@@]3(C)OC12CC3C. The normalized spacial score (nSPS) is 30.2. The number of hydrogen-bond acceptors (Lipinski definition) is 6. The number of nitrogens with one attached hydrogen (secondary N) is 2. The lowest BCUT2D eigenvalue weighted by atomic mass is 9.62. The van der Waals surface area contributed by atoms with Gasteiger partial charge in [0.2, 0.25) is 17.7 Å². The van der Waals surface area contributed by atoms with Crippen LogP contribution in [-0.4, -0.2) is 70.8 Å². The summed E-state index contributed by atoms with van der Waals surface area (Å²) in [4.78, 5) is 44.0. The molecule has 0 saturated carbocycles. The second kappa shape index (κ2) is 12.1. The molecule has 3 aliphatic rings. The number of nitrogens with zero attached hydrogens (tertiary/aromatic N) is 1. The van der Waals surface area contributed by atoms with E-state index in [0.29, 0.717) is 37.4 Å². The molecular weight excluding hydrogens is 534 g/mol. The van der Waals surface area contributed by atoms with Gasteiger partial charge < -0.3 is 30.1 Å². The maximum atomic E-state index is 14.5. The molecule has 0 aromatic heterocycles. The number of unbranched alkanes of at least 4 members (excludes halogenated alkanes) is 1. The van der Waals surface area contributed by atoms with Crippen LogP contribution < -0.4 is 15.4 Å². The van der Waals surface area contributed by atoms with Crippen molar-refractivity contribution < 1.29 is 29.0 Å².